The highest BCUT2D eigenvalue weighted by Gasteiger charge is 2.22. The van der Waals surface area contributed by atoms with Crippen molar-refractivity contribution in [3.63, 3.8) is 0 Å². The lowest BCUT2D eigenvalue weighted by molar-refractivity contribution is 0.340. The molecule has 1 aromatic rings. The van der Waals surface area contributed by atoms with Crippen molar-refractivity contribution in [2.45, 2.75) is 43.9 Å². The molecule has 2 rings (SSSR count). The molecule has 0 aromatic heterocycles. The van der Waals surface area contributed by atoms with Crippen molar-refractivity contribution in [2.75, 3.05) is 6.61 Å². The molecule has 19 heavy (non-hydrogen) atoms. The van der Waals surface area contributed by atoms with Gasteiger partial charge in [-0.3, -0.25) is 0 Å². The molecule has 0 N–H and O–H groups in total. The molecule has 0 heterocycles. The summed E-state index contributed by atoms with van der Waals surface area (Å²) in [4.78, 5) is 0.274. The molecule has 0 bridgehead atoms. The van der Waals surface area contributed by atoms with Gasteiger partial charge in [-0.25, -0.2) is 0 Å². The third kappa shape index (κ3) is 4.03. The molecule has 0 aliphatic heterocycles. The van der Waals surface area contributed by atoms with Crippen LogP contribution in [-0.4, -0.2) is 6.61 Å². The summed E-state index contributed by atoms with van der Waals surface area (Å²) in [5.74, 6) is 1.48. The van der Waals surface area contributed by atoms with Gasteiger partial charge in [-0.15, -0.1) is 0 Å². The van der Waals surface area contributed by atoms with Crippen LogP contribution in [0.25, 0.3) is 0 Å². The third-order valence-corrected chi connectivity index (χ3v) is 5.19. The zero-order valence-electron chi connectivity index (χ0n) is 11.1. The Hall–Kier alpha value is 0.0800. The number of ether oxygens (including phenoxy) is 1. The maximum absolute atomic E-state index is 6.35. The Kier molecular flexibility index (Phi) is 5.86. The van der Waals surface area contributed by atoms with E-state index >= 15 is 0 Å². The van der Waals surface area contributed by atoms with Crippen LogP contribution in [0.2, 0.25) is 10.0 Å². The van der Waals surface area contributed by atoms with Gasteiger partial charge >= 0.3 is 0 Å². The first-order valence-corrected chi connectivity index (χ1v) is 8.54. The molecule has 0 radical (unpaired) electrons. The van der Waals surface area contributed by atoms with Crippen LogP contribution < -0.4 is 4.74 Å². The molecule has 0 spiro atoms. The molecular weight excluding hydrogens is 347 g/mol. The second-order valence-electron chi connectivity index (χ2n) is 5.09. The molecule has 106 valence electrons. The van der Waals surface area contributed by atoms with Crippen LogP contribution in [0, 0.1) is 5.92 Å². The molecule has 1 aliphatic rings. The van der Waals surface area contributed by atoms with Gasteiger partial charge in [-0.05, 0) is 30.9 Å². The number of hydrogen-bond donors (Lipinski definition) is 0. The van der Waals surface area contributed by atoms with E-state index in [1.165, 1.54) is 25.7 Å². The Bertz CT molecular complexity index is 430. The van der Waals surface area contributed by atoms with E-state index in [0.717, 1.165) is 22.9 Å². The number of benzene rings is 1. The summed E-state index contributed by atoms with van der Waals surface area (Å²) >= 11 is 16.3. The summed E-state index contributed by atoms with van der Waals surface area (Å²) in [6.07, 6.45) is 6.53. The quantitative estimate of drug-likeness (QED) is 0.548. The maximum Gasteiger partial charge on any atom is 0.139 e. The van der Waals surface area contributed by atoms with Crippen molar-refractivity contribution in [3.8, 4) is 5.75 Å². The largest absolute Gasteiger partial charge is 0.492 e. The summed E-state index contributed by atoms with van der Waals surface area (Å²) in [6, 6.07) is 3.76. The van der Waals surface area contributed by atoms with Crippen molar-refractivity contribution in [2.24, 2.45) is 5.92 Å². The first-order chi connectivity index (χ1) is 9.11. The molecule has 1 fully saturated rings. The van der Waals surface area contributed by atoms with E-state index in [1.807, 2.05) is 19.1 Å². The van der Waals surface area contributed by atoms with Gasteiger partial charge in [0.1, 0.15) is 5.75 Å². The average molecular weight is 366 g/mol. The Labute approximate surface area is 133 Å². The summed E-state index contributed by atoms with van der Waals surface area (Å²) in [6.45, 7) is 2.53. The van der Waals surface area contributed by atoms with Gasteiger partial charge in [0.05, 0.1) is 11.6 Å². The Balaban J connectivity index is 2.12. The molecule has 4 heteroatoms. The number of halogens is 3. The van der Waals surface area contributed by atoms with Gasteiger partial charge in [0.2, 0.25) is 0 Å². The Morgan fingerprint density at radius 2 is 1.95 bits per heavy atom. The van der Waals surface area contributed by atoms with Gasteiger partial charge in [-0.2, -0.15) is 0 Å². The van der Waals surface area contributed by atoms with Gasteiger partial charge in [0, 0.05) is 15.9 Å². The minimum atomic E-state index is 0.274. The molecule has 0 amide bonds. The summed E-state index contributed by atoms with van der Waals surface area (Å²) in [7, 11) is 0. The van der Waals surface area contributed by atoms with Gasteiger partial charge in [0.25, 0.3) is 0 Å². The van der Waals surface area contributed by atoms with Crippen molar-refractivity contribution >= 4 is 39.1 Å². The summed E-state index contributed by atoms with van der Waals surface area (Å²) in [5.41, 5.74) is 1.07. The highest BCUT2D eigenvalue weighted by atomic mass is 79.9. The van der Waals surface area contributed by atoms with E-state index in [4.69, 9.17) is 27.9 Å². The fourth-order valence-corrected chi connectivity index (χ4v) is 4.27. The van der Waals surface area contributed by atoms with Gasteiger partial charge < -0.3 is 4.74 Å². The van der Waals surface area contributed by atoms with E-state index in [2.05, 4.69) is 15.9 Å². The van der Waals surface area contributed by atoms with Crippen molar-refractivity contribution in [3.05, 3.63) is 27.7 Å². The lowest BCUT2D eigenvalue weighted by atomic mass is 9.98. The lowest BCUT2D eigenvalue weighted by Gasteiger charge is -2.18. The molecule has 1 saturated carbocycles. The monoisotopic (exact) mass is 364 g/mol. The average Bonchev–Trinajstić information content (AvgIpc) is 2.86. The molecule has 1 unspecified atom stereocenters. The van der Waals surface area contributed by atoms with Gasteiger partial charge in [0.15, 0.2) is 0 Å². The predicted octanol–water partition coefficient (Wildman–Crippen LogP) is 6.41. The van der Waals surface area contributed by atoms with Crippen LogP contribution in [-0.2, 0) is 0 Å². The zero-order valence-corrected chi connectivity index (χ0v) is 14.2. The zero-order chi connectivity index (χ0) is 13.8. The third-order valence-electron chi connectivity index (χ3n) is 3.70. The van der Waals surface area contributed by atoms with E-state index in [9.17, 15) is 0 Å². The van der Waals surface area contributed by atoms with E-state index in [0.29, 0.717) is 17.4 Å². The molecular formula is C15H19BrCl2O. The van der Waals surface area contributed by atoms with Crippen molar-refractivity contribution in [1.29, 1.82) is 0 Å². The van der Waals surface area contributed by atoms with Crippen LogP contribution in [0.5, 0.6) is 5.75 Å². The number of hydrogen-bond acceptors (Lipinski definition) is 1. The molecule has 1 atom stereocenters. The number of alkyl halides is 1. The Morgan fingerprint density at radius 1 is 1.26 bits per heavy atom. The van der Waals surface area contributed by atoms with Gasteiger partial charge in [-0.1, -0.05) is 64.8 Å². The van der Waals surface area contributed by atoms with Crippen molar-refractivity contribution < 1.29 is 4.74 Å². The maximum atomic E-state index is 6.35. The highest BCUT2D eigenvalue weighted by molar-refractivity contribution is 9.09. The van der Waals surface area contributed by atoms with E-state index in [1.54, 1.807) is 0 Å². The first-order valence-electron chi connectivity index (χ1n) is 6.87. The smallest absolute Gasteiger partial charge is 0.139 e. The summed E-state index contributed by atoms with van der Waals surface area (Å²) < 4.78 is 5.45. The standard InChI is InChI=1S/C15H19BrCl2O/c1-2-19-15-9-13(17)11(8-14(15)18)12(16)7-10-5-3-4-6-10/h8-10,12H,2-7H2,1H3. The van der Waals surface area contributed by atoms with E-state index < -0.39 is 0 Å². The van der Waals surface area contributed by atoms with E-state index in [-0.39, 0.29) is 4.83 Å². The van der Waals surface area contributed by atoms with Crippen molar-refractivity contribution in [1.82, 2.24) is 0 Å². The van der Waals surface area contributed by atoms with Crippen LogP contribution in [0.15, 0.2) is 12.1 Å². The topological polar surface area (TPSA) is 9.23 Å². The SMILES string of the molecule is CCOc1cc(Cl)c(C(Br)CC2CCCC2)cc1Cl. The van der Waals surface area contributed by atoms with Crippen LogP contribution in [0.4, 0.5) is 0 Å². The normalized spacial score (nSPS) is 17.7. The first kappa shape index (κ1) is 15.5. The predicted molar refractivity (Wildman–Crippen MR) is 85.9 cm³/mol. The highest BCUT2D eigenvalue weighted by Crippen LogP contribution is 2.42. The second kappa shape index (κ2) is 7.19. The molecule has 0 saturated heterocycles. The van der Waals surface area contributed by atoms with Crippen LogP contribution >= 0.6 is 39.1 Å². The second-order valence-corrected chi connectivity index (χ2v) is 7.01. The Morgan fingerprint density at radius 3 is 2.58 bits per heavy atom. The molecule has 1 nitrogen and oxygen atoms in total. The fraction of sp³-hybridized carbons (Fsp3) is 0.600. The van der Waals surface area contributed by atoms with Crippen LogP contribution in [0.1, 0.15) is 49.4 Å². The molecule has 1 aromatic carbocycles. The minimum absolute atomic E-state index is 0.274. The minimum Gasteiger partial charge on any atom is -0.492 e. The van der Waals surface area contributed by atoms with Crippen LogP contribution in [0.3, 0.4) is 0 Å². The fourth-order valence-electron chi connectivity index (χ4n) is 2.72. The lowest BCUT2D eigenvalue weighted by Crippen LogP contribution is -2.01. The number of rotatable bonds is 5. The molecule has 1 aliphatic carbocycles. The summed E-state index contributed by atoms with van der Waals surface area (Å²) in [5, 5.41) is 1.37.